The van der Waals surface area contributed by atoms with Crippen LogP contribution in [0.2, 0.25) is 0 Å². The highest BCUT2D eigenvalue weighted by molar-refractivity contribution is 7.90. The van der Waals surface area contributed by atoms with Crippen molar-refractivity contribution in [2.24, 2.45) is 0 Å². The van der Waals surface area contributed by atoms with Crippen LogP contribution < -0.4 is 0 Å². The first-order chi connectivity index (χ1) is 15.4. The average Bonchev–Trinajstić information content (AvgIpc) is 2.72. The van der Waals surface area contributed by atoms with Crippen LogP contribution in [0.15, 0.2) is 0 Å². The molecule has 36 heavy (non-hydrogen) atoms. The SMILES string of the molecule is C.CC#N.O=C(C(F)(F)S(=O)(=O)OF)C(F)(F)S(=O)(=O)OF.O=C(CS(=O)(=O)OF)CS(=O)(=O)OF. The summed E-state index contributed by atoms with van der Waals surface area (Å²) in [6.07, 6.45) is 0. The van der Waals surface area contributed by atoms with E-state index in [0.717, 1.165) is 0 Å². The summed E-state index contributed by atoms with van der Waals surface area (Å²) in [6, 6.07) is 1.75. The number of rotatable bonds is 12. The molecule has 0 aromatic rings. The first kappa shape index (κ1) is 41.1. The van der Waals surface area contributed by atoms with Crippen molar-refractivity contribution < 1.29 is 96.5 Å². The van der Waals surface area contributed by atoms with Crippen LogP contribution in [0.1, 0.15) is 14.4 Å². The van der Waals surface area contributed by atoms with Crippen LogP contribution in [-0.4, -0.2) is 67.3 Å². The second-order valence-electron chi connectivity index (χ2n) is 4.69. The monoisotopic (exact) mass is 637 g/mol. The molecule has 0 radical (unpaired) electrons. The van der Waals surface area contributed by atoms with Crippen molar-refractivity contribution in [1.82, 2.24) is 0 Å². The van der Waals surface area contributed by atoms with Crippen LogP contribution in [0, 0.1) is 11.3 Å². The van der Waals surface area contributed by atoms with Gasteiger partial charge in [0.1, 0.15) is 11.5 Å². The van der Waals surface area contributed by atoms with E-state index < -0.39 is 74.1 Å². The molecule has 0 N–H and O–H groups in total. The van der Waals surface area contributed by atoms with E-state index in [4.69, 9.17) is 5.26 Å². The Morgan fingerprint density at radius 3 is 1.08 bits per heavy atom. The Kier molecular flexibility index (Phi) is 17.4. The van der Waals surface area contributed by atoms with E-state index in [9.17, 15) is 78.9 Å². The predicted octanol–water partition coefficient (Wildman–Crippen LogP) is 0.386. The summed E-state index contributed by atoms with van der Waals surface area (Å²) in [6.45, 7) is 1.43. The molecule has 0 atom stereocenters. The molecule has 0 heterocycles. The van der Waals surface area contributed by atoms with Crippen LogP contribution in [-0.2, 0) is 67.6 Å². The van der Waals surface area contributed by atoms with E-state index in [1.165, 1.54) is 6.92 Å². The van der Waals surface area contributed by atoms with Crippen molar-refractivity contribution in [3.8, 4) is 6.07 Å². The molecule has 0 aliphatic rings. The molecule has 0 bridgehead atoms. The van der Waals surface area contributed by atoms with Crippen molar-refractivity contribution >= 4 is 52.0 Å². The molecule has 0 aromatic heterocycles. The van der Waals surface area contributed by atoms with Gasteiger partial charge in [0.2, 0.25) is 0 Å². The largest absolute Gasteiger partial charge is 0.436 e. The maximum atomic E-state index is 12.5. The van der Waals surface area contributed by atoms with Gasteiger partial charge in [0.05, 0.1) is 6.07 Å². The zero-order chi connectivity index (χ0) is 29.1. The molecule has 0 unspecified atom stereocenters. The lowest BCUT2D eigenvalue weighted by atomic mass is 10.4. The highest BCUT2D eigenvalue weighted by atomic mass is 32.2. The van der Waals surface area contributed by atoms with Crippen LogP contribution in [0.3, 0.4) is 0 Å². The molecular weight excluding hydrogens is 626 g/mol. The van der Waals surface area contributed by atoms with E-state index in [0.29, 0.717) is 0 Å². The highest BCUT2D eigenvalue weighted by Gasteiger charge is 2.69. The van der Waals surface area contributed by atoms with Gasteiger partial charge in [-0.05, 0) is 18.1 Å². The average molecular weight is 637 g/mol. The van der Waals surface area contributed by atoms with Gasteiger partial charge >= 0.3 is 56.8 Å². The van der Waals surface area contributed by atoms with Crippen molar-refractivity contribution in [2.45, 2.75) is 24.9 Å². The van der Waals surface area contributed by atoms with Crippen molar-refractivity contribution in [3.05, 3.63) is 0 Å². The minimum absolute atomic E-state index is 0. The quantitative estimate of drug-likeness (QED) is 0.263. The van der Waals surface area contributed by atoms with Crippen LogP contribution in [0.4, 0.5) is 35.7 Å². The molecule has 15 nitrogen and oxygen atoms in total. The fourth-order valence-corrected chi connectivity index (χ4v) is 3.10. The van der Waals surface area contributed by atoms with E-state index in [2.05, 4.69) is 8.78 Å². The van der Waals surface area contributed by atoms with Gasteiger partial charge in [-0.25, -0.2) is 0 Å². The number of carbonyl (C=O) groups excluding carboxylic acids is 2. The number of hydrogen-bond donors (Lipinski definition) is 0. The molecule has 0 aliphatic carbocycles. The zero-order valence-electron chi connectivity index (χ0n) is 15.7. The number of carbonyl (C=O) groups is 2. The molecule has 0 aliphatic heterocycles. The van der Waals surface area contributed by atoms with Crippen molar-refractivity contribution in [1.29, 1.82) is 5.26 Å². The van der Waals surface area contributed by atoms with Gasteiger partial charge in [0.25, 0.3) is 0 Å². The fourth-order valence-electron chi connectivity index (χ4n) is 0.956. The third kappa shape index (κ3) is 12.2. The Bertz CT molecular complexity index is 1120. The third-order valence-electron chi connectivity index (χ3n) is 2.19. The first-order valence-electron chi connectivity index (χ1n) is 6.70. The fraction of sp³-hybridized carbons (Fsp3) is 0.667. The standard InChI is InChI=1S/C3F6O7S2.C3H4F2O7S2.C2H3N.CH4/c4-2(5,17(11,12)15-8)1(10)3(6,7)18(13,14)16-9;4-11-13(7,8)1-3(6)2-14(9,10)12-5;1-2-3;/h;1-2H2;1H3;1H4. The van der Waals surface area contributed by atoms with Crippen LogP contribution >= 0.6 is 0 Å². The van der Waals surface area contributed by atoms with Gasteiger partial charge in [-0.1, -0.05) is 25.0 Å². The summed E-state index contributed by atoms with van der Waals surface area (Å²) in [5.74, 6) is -8.70. The maximum Gasteiger partial charge on any atom is 0.436 e. The number of Topliss-reactive ketones (excluding diaryl/α,β-unsaturated/α-hetero) is 2. The molecule has 0 saturated heterocycles. The number of halogens is 8. The highest BCUT2D eigenvalue weighted by Crippen LogP contribution is 2.36. The zero-order valence-corrected chi connectivity index (χ0v) is 19.0. The second kappa shape index (κ2) is 15.2. The number of hydrogen-bond acceptors (Lipinski definition) is 15. The molecule has 0 spiro atoms. The minimum atomic E-state index is -6.82. The molecular formula is C9H11F8NO14S4. The molecule has 0 saturated carbocycles. The summed E-state index contributed by atoms with van der Waals surface area (Å²) in [7, 11) is -23.2. The van der Waals surface area contributed by atoms with Gasteiger partial charge in [-0.15, -0.1) is 0 Å². The molecule has 0 fully saturated rings. The Labute approximate surface area is 196 Å². The normalized spacial score (nSPS) is 12.4. The smallest absolute Gasteiger partial charge is 0.297 e. The maximum absolute atomic E-state index is 12.5. The summed E-state index contributed by atoms with van der Waals surface area (Å²) in [5.41, 5.74) is 0. The number of nitriles is 1. The molecule has 27 heteroatoms. The number of ketones is 2. The lowest BCUT2D eigenvalue weighted by molar-refractivity contribution is -0.153. The number of nitrogens with zero attached hydrogens (tertiary/aromatic N) is 1. The summed E-state index contributed by atoms with van der Waals surface area (Å²) in [4.78, 5) is 20.9. The minimum Gasteiger partial charge on any atom is -0.297 e. The van der Waals surface area contributed by atoms with Gasteiger partial charge < -0.3 is 0 Å². The molecule has 216 valence electrons. The van der Waals surface area contributed by atoms with E-state index in [-0.39, 0.29) is 7.43 Å². The van der Waals surface area contributed by atoms with Gasteiger partial charge in [0.15, 0.2) is 5.78 Å². The topological polar surface area (TPSA) is 231 Å². The summed E-state index contributed by atoms with van der Waals surface area (Å²) < 4.78 is 184. The van der Waals surface area contributed by atoms with Crippen molar-refractivity contribution in [2.75, 3.05) is 11.5 Å². The van der Waals surface area contributed by atoms with Crippen LogP contribution in [0.25, 0.3) is 0 Å². The predicted molar refractivity (Wildman–Crippen MR) is 92.1 cm³/mol. The lowest BCUT2D eigenvalue weighted by Crippen LogP contribution is -2.51. The Hall–Kier alpha value is -2.09. The first-order valence-corrected chi connectivity index (χ1v) is 12.7. The summed E-state index contributed by atoms with van der Waals surface area (Å²) >= 11 is 0. The van der Waals surface area contributed by atoms with Gasteiger partial charge in [-0.2, -0.15) is 56.5 Å². The Morgan fingerprint density at radius 1 is 0.694 bits per heavy atom. The Morgan fingerprint density at radius 2 is 0.917 bits per heavy atom. The van der Waals surface area contributed by atoms with Crippen LogP contribution in [0.5, 0.6) is 0 Å². The Balaban J connectivity index is -0.000000255. The third-order valence-corrected chi connectivity index (χ3v) is 5.88. The molecule has 0 aromatic carbocycles. The van der Waals surface area contributed by atoms with Gasteiger partial charge in [0, 0.05) is 6.92 Å². The van der Waals surface area contributed by atoms with Crippen molar-refractivity contribution in [3.63, 3.8) is 0 Å². The van der Waals surface area contributed by atoms with E-state index >= 15 is 0 Å². The number of alkyl halides is 4. The lowest BCUT2D eigenvalue weighted by Gasteiger charge is -2.17. The van der Waals surface area contributed by atoms with E-state index in [1.54, 1.807) is 14.8 Å². The van der Waals surface area contributed by atoms with E-state index in [1.807, 2.05) is 0 Å². The molecule has 0 rings (SSSR count). The molecule has 0 amide bonds. The van der Waals surface area contributed by atoms with Gasteiger partial charge in [-0.3, -0.25) is 9.59 Å². The second-order valence-corrected chi connectivity index (χ2v) is 10.8. The summed E-state index contributed by atoms with van der Waals surface area (Å²) in [5, 5.41) is -5.27.